The van der Waals surface area contributed by atoms with Crippen LogP contribution >= 0.6 is 0 Å². The van der Waals surface area contributed by atoms with Crippen LogP contribution in [0.3, 0.4) is 0 Å². The van der Waals surface area contributed by atoms with Gasteiger partial charge >= 0.3 is 5.97 Å². The van der Waals surface area contributed by atoms with Crippen LogP contribution in [-0.4, -0.2) is 38.3 Å². The Balaban J connectivity index is 1.59. The average molecular weight is 369 g/mol. The Bertz CT molecular complexity index is 810. The van der Waals surface area contributed by atoms with Crippen LogP contribution in [0.2, 0.25) is 0 Å². The lowest BCUT2D eigenvalue weighted by Gasteiger charge is -2.12. The van der Waals surface area contributed by atoms with Gasteiger partial charge in [0, 0.05) is 17.9 Å². The highest BCUT2D eigenvalue weighted by Gasteiger charge is 2.16. The van der Waals surface area contributed by atoms with Crippen LogP contribution in [0.5, 0.6) is 5.75 Å². The lowest BCUT2D eigenvalue weighted by atomic mass is 10.1. The number of hydrogen-bond donors (Lipinski definition) is 1. The van der Waals surface area contributed by atoms with Gasteiger partial charge in [0.2, 0.25) is 0 Å². The third-order valence-electron chi connectivity index (χ3n) is 4.47. The van der Waals surface area contributed by atoms with Crippen molar-refractivity contribution in [2.45, 2.75) is 25.9 Å². The van der Waals surface area contributed by atoms with Gasteiger partial charge in [0.05, 0.1) is 18.8 Å². The molecule has 2 aromatic rings. The van der Waals surface area contributed by atoms with Gasteiger partial charge < -0.3 is 19.5 Å². The molecule has 0 aliphatic carbocycles. The summed E-state index contributed by atoms with van der Waals surface area (Å²) in [5.41, 5.74) is 2.39. The van der Waals surface area contributed by atoms with E-state index in [9.17, 15) is 9.59 Å². The molecule has 1 heterocycles. The molecule has 1 amide bonds. The lowest BCUT2D eigenvalue weighted by Crippen LogP contribution is -2.16. The summed E-state index contributed by atoms with van der Waals surface area (Å²) >= 11 is 0. The number of aryl methyl sites for hydroxylation is 1. The maximum Gasteiger partial charge on any atom is 0.337 e. The number of anilines is 1. The number of hydrogen-bond acceptors (Lipinski definition) is 5. The van der Waals surface area contributed by atoms with E-state index >= 15 is 0 Å². The second-order valence-electron chi connectivity index (χ2n) is 6.45. The SMILES string of the molecule is COC(=O)c1ccc(NC(=O)c2ccc(OCC3CCCO3)cc2)c(C)c1. The second kappa shape index (κ2) is 8.68. The standard InChI is InChI=1S/C21H23NO5/c1-14-12-16(21(24)25-2)7-10-19(14)22-20(23)15-5-8-17(9-6-15)27-13-18-4-3-11-26-18/h5-10,12,18H,3-4,11,13H2,1-2H3,(H,22,23). The number of amides is 1. The molecule has 1 saturated heterocycles. The van der Waals surface area contributed by atoms with Crippen LogP contribution in [0.15, 0.2) is 42.5 Å². The van der Waals surface area contributed by atoms with E-state index in [1.807, 2.05) is 6.92 Å². The molecule has 27 heavy (non-hydrogen) atoms. The number of nitrogens with one attached hydrogen (secondary N) is 1. The zero-order valence-electron chi connectivity index (χ0n) is 15.5. The van der Waals surface area contributed by atoms with E-state index in [-0.39, 0.29) is 12.0 Å². The molecular weight excluding hydrogens is 346 g/mol. The van der Waals surface area contributed by atoms with Crippen LogP contribution < -0.4 is 10.1 Å². The first kappa shape index (κ1) is 18.9. The van der Waals surface area contributed by atoms with Crippen LogP contribution in [0.4, 0.5) is 5.69 Å². The summed E-state index contributed by atoms with van der Waals surface area (Å²) < 4.78 is 15.9. The Labute approximate surface area is 158 Å². The first-order valence-corrected chi connectivity index (χ1v) is 8.91. The monoisotopic (exact) mass is 369 g/mol. The van der Waals surface area contributed by atoms with Gasteiger partial charge in [0.1, 0.15) is 12.4 Å². The van der Waals surface area contributed by atoms with Crippen molar-refractivity contribution < 1.29 is 23.8 Å². The van der Waals surface area contributed by atoms with Crippen molar-refractivity contribution in [1.29, 1.82) is 0 Å². The maximum atomic E-state index is 12.5. The van der Waals surface area contributed by atoms with Crippen molar-refractivity contribution in [2.24, 2.45) is 0 Å². The molecule has 2 aromatic carbocycles. The Morgan fingerprint density at radius 2 is 1.89 bits per heavy atom. The van der Waals surface area contributed by atoms with E-state index in [1.54, 1.807) is 42.5 Å². The number of carbonyl (C=O) groups is 2. The van der Waals surface area contributed by atoms with Crippen LogP contribution in [0, 0.1) is 6.92 Å². The first-order chi connectivity index (χ1) is 13.1. The third kappa shape index (κ3) is 4.86. The molecule has 6 nitrogen and oxygen atoms in total. The van der Waals surface area contributed by atoms with Crippen LogP contribution in [-0.2, 0) is 9.47 Å². The number of esters is 1. The number of rotatable bonds is 6. The van der Waals surface area contributed by atoms with Crippen molar-refractivity contribution in [3.05, 3.63) is 59.2 Å². The summed E-state index contributed by atoms with van der Waals surface area (Å²) in [6.07, 6.45) is 2.26. The predicted molar refractivity (Wildman–Crippen MR) is 101 cm³/mol. The molecule has 0 saturated carbocycles. The Morgan fingerprint density at radius 3 is 2.52 bits per heavy atom. The van der Waals surface area contributed by atoms with Gasteiger partial charge in [-0.25, -0.2) is 4.79 Å². The molecule has 3 rings (SSSR count). The van der Waals surface area contributed by atoms with Gasteiger partial charge in [-0.05, 0) is 67.8 Å². The lowest BCUT2D eigenvalue weighted by molar-refractivity contribution is 0.0600. The molecule has 0 spiro atoms. The molecule has 0 radical (unpaired) electrons. The van der Waals surface area contributed by atoms with E-state index < -0.39 is 5.97 Å². The van der Waals surface area contributed by atoms with Crippen molar-refractivity contribution >= 4 is 17.6 Å². The fourth-order valence-electron chi connectivity index (χ4n) is 2.91. The van der Waals surface area contributed by atoms with Crippen molar-refractivity contribution in [1.82, 2.24) is 0 Å². The van der Waals surface area contributed by atoms with Gasteiger partial charge in [-0.2, -0.15) is 0 Å². The fraction of sp³-hybridized carbons (Fsp3) is 0.333. The van der Waals surface area contributed by atoms with Crippen LogP contribution in [0.25, 0.3) is 0 Å². The predicted octanol–water partition coefficient (Wildman–Crippen LogP) is 3.59. The number of methoxy groups -OCH3 is 1. The summed E-state index contributed by atoms with van der Waals surface area (Å²) in [5.74, 6) is 0.0739. The van der Waals surface area contributed by atoms with Crippen LogP contribution in [0.1, 0.15) is 39.1 Å². The van der Waals surface area contributed by atoms with E-state index in [0.717, 1.165) is 25.0 Å². The van der Waals surface area contributed by atoms with Crippen molar-refractivity contribution in [2.75, 3.05) is 25.6 Å². The van der Waals surface area contributed by atoms with Gasteiger partial charge in [-0.15, -0.1) is 0 Å². The zero-order valence-corrected chi connectivity index (χ0v) is 15.5. The second-order valence-corrected chi connectivity index (χ2v) is 6.45. The molecule has 0 aromatic heterocycles. The third-order valence-corrected chi connectivity index (χ3v) is 4.47. The minimum Gasteiger partial charge on any atom is -0.491 e. The summed E-state index contributed by atoms with van der Waals surface area (Å²) in [4.78, 5) is 24.0. The molecule has 1 aliphatic heterocycles. The largest absolute Gasteiger partial charge is 0.491 e. The van der Waals surface area contributed by atoms with E-state index in [0.29, 0.717) is 29.2 Å². The van der Waals surface area contributed by atoms with Gasteiger partial charge in [0.15, 0.2) is 0 Å². The molecule has 1 fully saturated rings. The maximum absolute atomic E-state index is 12.5. The molecule has 0 bridgehead atoms. The van der Waals surface area contributed by atoms with E-state index in [4.69, 9.17) is 14.2 Å². The number of benzene rings is 2. The van der Waals surface area contributed by atoms with Gasteiger partial charge in [0.25, 0.3) is 5.91 Å². The van der Waals surface area contributed by atoms with Crippen molar-refractivity contribution in [3.63, 3.8) is 0 Å². The van der Waals surface area contributed by atoms with E-state index in [2.05, 4.69) is 5.32 Å². The highest BCUT2D eigenvalue weighted by atomic mass is 16.5. The van der Waals surface area contributed by atoms with Gasteiger partial charge in [-0.1, -0.05) is 0 Å². The summed E-state index contributed by atoms with van der Waals surface area (Å²) in [6, 6.07) is 12.0. The molecule has 1 atom stereocenters. The zero-order chi connectivity index (χ0) is 19.2. The minimum absolute atomic E-state index is 0.156. The van der Waals surface area contributed by atoms with E-state index in [1.165, 1.54) is 7.11 Å². The summed E-state index contributed by atoms with van der Waals surface area (Å²) in [7, 11) is 1.33. The normalized spacial score (nSPS) is 16.0. The smallest absolute Gasteiger partial charge is 0.337 e. The first-order valence-electron chi connectivity index (χ1n) is 8.91. The molecule has 6 heteroatoms. The number of carbonyl (C=O) groups excluding carboxylic acids is 2. The molecule has 1 unspecified atom stereocenters. The molecule has 1 N–H and O–H groups in total. The minimum atomic E-state index is -0.408. The highest BCUT2D eigenvalue weighted by molar-refractivity contribution is 6.05. The Morgan fingerprint density at radius 1 is 1.15 bits per heavy atom. The van der Waals surface area contributed by atoms with Crippen molar-refractivity contribution in [3.8, 4) is 5.75 Å². The highest BCUT2D eigenvalue weighted by Crippen LogP contribution is 2.20. The summed E-state index contributed by atoms with van der Waals surface area (Å²) in [6.45, 7) is 3.15. The quantitative estimate of drug-likeness (QED) is 0.788. The summed E-state index contributed by atoms with van der Waals surface area (Å²) in [5, 5.41) is 2.86. The fourth-order valence-corrected chi connectivity index (χ4v) is 2.91. The molecule has 1 aliphatic rings. The Hall–Kier alpha value is -2.86. The molecular formula is C21H23NO5. The topological polar surface area (TPSA) is 73.9 Å². The van der Waals surface area contributed by atoms with Gasteiger partial charge in [-0.3, -0.25) is 4.79 Å². The average Bonchev–Trinajstić information content (AvgIpc) is 3.21. The molecule has 142 valence electrons. The number of ether oxygens (including phenoxy) is 3. The Kier molecular flexibility index (Phi) is 6.08.